The maximum atomic E-state index is 11.8. The molecule has 0 spiro atoms. The molecule has 0 saturated heterocycles. The van der Waals surface area contributed by atoms with Gasteiger partial charge in [0, 0.05) is 4.47 Å². The van der Waals surface area contributed by atoms with Gasteiger partial charge >= 0.3 is 0 Å². The van der Waals surface area contributed by atoms with E-state index in [4.69, 9.17) is 0 Å². The van der Waals surface area contributed by atoms with Crippen molar-refractivity contribution in [3.63, 3.8) is 0 Å². The van der Waals surface area contributed by atoms with Gasteiger partial charge in [0.25, 0.3) is 0 Å². The molecular formula is C16H17BrN2O2. The Hall–Kier alpha value is -1.85. The highest BCUT2D eigenvalue weighted by Gasteiger charge is 2.12. The van der Waals surface area contributed by atoms with Crippen LogP contribution in [-0.4, -0.2) is 11.0 Å². The zero-order valence-electron chi connectivity index (χ0n) is 11.6. The number of halogens is 1. The number of benzene rings is 2. The van der Waals surface area contributed by atoms with Gasteiger partial charge in [0.2, 0.25) is 5.91 Å². The van der Waals surface area contributed by atoms with Gasteiger partial charge in [-0.1, -0.05) is 46.3 Å². The largest absolute Gasteiger partial charge is 0.388 e. The summed E-state index contributed by atoms with van der Waals surface area (Å²) in [5.41, 5.74) is 8.01. The zero-order valence-corrected chi connectivity index (χ0v) is 13.2. The Labute approximate surface area is 132 Å². The summed E-state index contributed by atoms with van der Waals surface area (Å²) >= 11 is 3.42. The monoisotopic (exact) mass is 348 g/mol. The molecule has 5 heteroatoms. The van der Waals surface area contributed by atoms with Crippen molar-refractivity contribution in [2.24, 2.45) is 0 Å². The van der Waals surface area contributed by atoms with Crippen LogP contribution in [0.15, 0.2) is 53.0 Å². The molecule has 110 valence electrons. The van der Waals surface area contributed by atoms with Gasteiger partial charge in [-0.05, 0) is 36.2 Å². The SMILES string of the molecule is Cc1cc(NNC(=O)CC(O)c2ccccc2)ccc1Br. The predicted octanol–water partition coefficient (Wildman–Crippen LogP) is 3.32. The van der Waals surface area contributed by atoms with Crippen molar-refractivity contribution in [1.29, 1.82) is 0 Å². The van der Waals surface area contributed by atoms with E-state index in [1.54, 1.807) is 12.1 Å². The van der Waals surface area contributed by atoms with Crippen LogP contribution in [0.5, 0.6) is 0 Å². The lowest BCUT2D eigenvalue weighted by Crippen LogP contribution is -2.30. The molecule has 2 rings (SSSR count). The van der Waals surface area contributed by atoms with E-state index in [1.165, 1.54) is 0 Å². The molecule has 2 aromatic rings. The van der Waals surface area contributed by atoms with Gasteiger partial charge in [-0.25, -0.2) is 0 Å². The normalized spacial score (nSPS) is 11.8. The number of aliphatic hydroxyl groups excluding tert-OH is 1. The van der Waals surface area contributed by atoms with Crippen molar-refractivity contribution < 1.29 is 9.90 Å². The third-order valence-corrected chi connectivity index (χ3v) is 3.96. The number of carbonyl (C=O) groups is 1. The highest BCUT2D eigenvalue weighted by molar-refractivity contribution is 9.10. The van der Waals surface area contributed by atoms with Crippen LogP contribution in [0.2, 0.25) is 0 Å². The zero-order chi connectivity index (χ0) is 15.2. The number of hydrogen-bond acceptors (Lipinski definition) is 3. The van der Waals surface area contributed by atoms with Crippen molar-refractivity contribution >= 4 is 27.5 Å². The fourth-order valence-corrected chi connectivity index (χ4v) is 2.13. The molecule has 0 aromatic heterocycles. The highest BCUT2D eigenvalue weighted by atomic mass is 79.9. The van der Waals surface area contributed by atoms with Gasteiger partial charge in [0.15, 0.2) is 0 Å². The summed E-state index contributed by atoms with van der Waals surface area (Å²) in [5, 5.41) is 9.97. The fraction of sp³-hybridized carbons (Fsp3) is 0.188. The summed E-state index contributed by atoms with van der Waals surface area (Å²) < 4.78 is 1.01. The molecule has 0 aliphatic heterocycles. The lowest BCUT2D eigenvalue weighted by atomic mass is 10.1. The van der Waals surface area contributed by atoms with Crippen LogP contribution in [0.1, 0.15) is 23.7 Å². The molecule has 0 heterocycles. The lowest BCUT2D eigenvalue weighted by molar-refractivity contribution is -0.122. The molecule has 3 N–H and O–H groups in total. The van der Waals surface area contributed by atoms with E-state index in [9.17, 15) is 9.90 Å². The molecular weight excluding hydrogens is 332 g/mol. The minimum absolute atomic E-state index is 0.00647. The van der Waals surface area contributed by atoms with E-state index >= 15 is 0 Å². The van der Waals surface area contributed by atoms with Crippen LogP contribution in [0.25, 0.3) is 0 Å². The Morgan fingerprint density at radius 2 is 1.95 bits per heavy atom. The van der Waals surface area contributed by atoms with Gasteiger partial charge in [-0.3, -0.25) is 15.6 Å². The topological polar surface area (TPSA) is 61.4 Å². The maximum absolute atomic E-state index is 11.8. The number of amides is 1. The Bertz CT molecular complexity index is 617. The Morgan fingerprint density at radius 3 is 2.62 bits per heavy atom. The summed E-state index contributed by atoms with van der Waals surface area (Å²) in [6.07, 6.45) is -0.799. The van der Waals surface area contributed by atoms with E-state index in [2.05, 4.69) is 26.8 Å². The summed E-state index contributed by atoms with van der Waals surface area (Å²) in [4.78, 5) is 11.8. The smallest absolute Gasteiger partial charge is 0.241 e. The van der Waals surface area contributed by atoms with Gasteiger partial charge < -0.3 is 5.11 Å². The average Bonchev–Trinajstić information content (AvgIpc) is 2.49. The molecule has 0 aliphatic carbocycles. The molecule has 1 unspecified atom stereocenters. The first-order chi connectivity index (χ1) is 10.1. The van der Waals surface area contributed by atoms with Crippen LogP contribution >= 0.6 is 15.9 Å². The van der Waals surface area contributed by atoms with Crippen LogP contribution in [0, 0.1) is 6.92 Å². The first-order valence-corrected chi connectivity index (χ1v) is 7.39. The first-order valence-electron chi connectivity index (χ1n) is 6.60. The van der Waals surface area contributed by atoms with Crippen molar-refractivity contribution in [2.45, 2.75) is 19.4 Å². The van der Waals surface area contributed by atoms with Crippen LogP contribution < -0.4 is 10.9 Å². The minimum atomic E-state index is -0.806. The maximum Gasteiger partial charge on any atom is 0.241 e. The number of aryl methyl sites for hydroxylation is 1. The van der Waals surface area contributed by atoms with E-state index in [-0.39, 0.29) is 12.3 Å². The standard InChI is InChI=1S/C16H17BrN2O2/c1-11-9-13(7-8-14(11)17)18-19-16(21)10-15(20)12-5-3-2-4-6-12/h2-9,15,18,20H,10H2,1H3,(H,19,21). The molecule has 1 amide bonds. The van der Waals surface area contributed by atoms with Crippen molar-refractivity contribution in [3.8, 4) is 0 Å². The third-order valence-electron chi connectivity index (χ3n) is 3.07. The molecule has 1 atom stereocenters. The molecule has 0 aliphatic rings. The summed E-state index contributed by atoms with van der Waals surface area (Å²) in [6, 6.07) is 14.8. The van der Waals surface area contributed by atoms with Gasteiger partial charge in [0.05, 0.1) is 18.2 Å². The van der Waals surface area contributed by atoms with Crippen molar-refractivity contribution in [1.82, 2.24) is 5.43 Å². The van der Waals surface area contributed by atoms with E-state index in [1.807, 2.05) is 43.3 Å². The molecule has 2 aromatic carbocycles. The number of nitrogens with one attached hydrogen (secondary N) is 2. The molecule has 4 nitrogen and oxygen atoms in total. The van der Waals surface area contributed by atoms with Crippen LogP contribution in [0.4, 0.5) is 5.69 Å². The summed E-state index contributed by atoms with van der Waals surface area (Å²) in [5.74, 6) is -0.271. The number of hydrazine groups is 1. The summed E-state index contributed by atoms with van der Waals surface area (Å²) in [7, 11) is 0. The number of rotatable bonds is 5. The Balaban J connectivity index is 1.86. The van der Waals surface area contributed by atoms with E-state index in [0.29, 0.717) is 0 Å². The Kier molecular flexibility index (Phi) is 5.36. The quantitative estimate of drug-likeness (QED) is 0.726. The van der Waals surface area contributed by atoms with Crippen molar-refractivity contribution in [2.75, 3.05) is 5.43 Å². The molecule has 0 fully saturated rings. The van der Waals surface area contributed by atoms with Gasteiger partial charge in [-0.15, -0.1) is 0 Å². The van der Waals surface area contributed by atoms with Gasteiger partial charge in [-0.2, -0.15) is 0 Å². The second kappa shape index (κ2) is 7.24. The predicted molar refractivity (Wildman–Crippen MR) is 86.7 cm³/mol. The van der Waals surface area contributed by atoms with Gasteiger partial charge in [0.1, 0.15) is 0 Å². The van der Waals surface area contributed by atoms with E-state index in [0.717, 1.165) is 21.3 Å². The van der Waals surface area contributed by atoms with Crippen LogP contribution in [-0.2, 0) is 4.79 Å². The van der Waals surface area contributed by atoms with Crippen LogP contribution in [0.3, 0.4) is 0 Å². The minimum Gasteiger partial charge on any atom is -0.388 e. The number of hydrogen-bond donors (Lipinski definition) is 3. The number of anilines is 1. The molecule has 21 heavy (non-hydrogen) atoms. The summed E-state index contributed by atoms with van der Waals surface area (Å²) in [6.45, 7) is 1.97. The second-order valence-electron chi connectivity index (χ2n) is 4.77. The second-order valence-corrected chi connectivity index (χ2v) is 5.62. The molecule has 0 bridgehead atoms. The Morgan fingerprint density at radius 1 is 1.24 bits per heavy atom. The highest BCUT2D eigenvalue weighted by Crippen LogP contribution is 2.19. The number of carbonyl (C=O) groups excluding carboxylic acids is 1. The third kappa shape index (κ3) is 4.58. The molecule has 0 saturated carbocycles. The van der Waals surface area contributed by atoms with Crippen molar-refractivity contribution in [3.05, 3.63) is 64.1 Å². The lowest BCUT2D eigenvalue weighted by Gasteiger charge is -2.13. The average molecular weight is 349 g/mol. The first kappa shape index (κ1) is 15.5. The molecule has 0 radical (unpaired) electrons. The number of aliphatic hydroxyl groups is 1. The van der Waals surface area contributed by atoms with E-state index < -0.39 is 6.10 Å². The fourth-order valence-electron chi connectivity index (χ4n) is 1.88.